The predicted molar refractivity (Wildman–Crippen MR) is 131 cm³/mol. The predicted octanol–water partition coefficient (Wildman–Crippen LogP) is 3.77. The molecular formula is C27H25FN4O5. The van der Waals surface area contributed by atoms with Crippen LogP contribution in [-0.2, 0) is 9.47 Å². The van der Waals surface area contributed by atoms with Crippen molar-refractivity contribution in [2.24, 2.45) is 0 Å². The van der Waals surface area contributed by atoms with Crippen LogP contribution in [0.15, 0.2) is 48.7 Å². The third-order valence-corrected chi connectivity index (χ3v) is 6.41. The fraction of sp³-hybridized carbons (Fsp3) is 0.333. The van der Waals surface area contributed by atoms with Crippen LogP contribution < -0.4 is 14.4 Å². The standard InChI is InChI=1S/C27H25FN4O5/c1-3-35-25-20(5-4-10-30-25)21-7-9-23(24(31-21)26(33)34-2)37-19-12-27(36-14-19)15-32(16-27)22-8-6-18(28)11-17(22)13-29/h4-11,19H,3,12,14-16H2,1-2H3. The Morgan fingerprint density at radius 2 is 2.14 bits per heavy atom. The van der Waals surface area contributed by atoms with Crippen LogP contribution in [0.5, 0.6) is 11.6 Å². The van der Waals surface area contributed by atoms with E-state index < -0.39 is 17.4 Å². The van der Waals surface area contributed by atoms with Crippen molar-refractivity contribution in [3.8, 4) is 29.0 Å². The molecule has 1 spiro atoms. The maximum absolute atomic E-state index is 13.5. The number of pyridine rings is 2. The van der Waals surface area contributed by atoms with Crippen molar-refractivity contribution in [2.45, 2.75) is 25.0 Å². The SMILES string of the molecule is CCOc1ncccc1-c1ccc(OC2COC3(C2)CN(c2ccc(F)cc2C#N)C3)c(C(=O)OC)n1. The molecule has 2 aliphatic heterocycles. The lowest BCUT2D eigenvalue weighted by molar-refractivity contribution is -0.0196. The molecule has 190 valence electrons. The van der Waals surface area contributed by atoms with Crippen LogP contribution in [0.2, 0.25) is 0 Å². The van der Waals surface area contributed by atoms with Gasteiger partial charge in [-0.15, -0.1) is 0 Å². The molecule has 1 atom stereocenters. The first-order valence-corrected chi connectivity index (χ1v) is 11.9. The molecule has 1 unspecified atom stereocenters. The van der Waals surface area contributed by atoms with Crippen molar-refractivity contribution in [2.75, 3.05) is 38.3 Å². The molecule has 0 radical (unpaired) electrons. The van der Waals surface area contributed by atoms with E-state index in [0.717, 1.165) is 0 Å². The zero-order valence-electron chi connectivity index (χ0n) is 20.4. The smallest absolute Gasteiger partial charge is 0.360 e. The molecule has 0 bridgehead atoms. The van der Waals surface area contributed by atoms with Gasteiger partial charge >= 0.3 is 5.97 Å². The Labute approximate surface area is 213 Å². The number of nitrogens with zero attached hydrogens (tertiary/aromatic N) is 4. The van der Waals surface area contributed by atoms with Gasteiger partial charge in [-0.05, 0) is 49.4 Å². The van der Waals surface area contributed by atoms with Crippen LogP contribution in [0.4, 0.5) is 10.1 Å². The second-order valence-electron chi connectivity index (χ2n) is 8.89. The van der Waals surface area contributed by atoms with E-state index in [9.17, 15) is 14.4 Å². The van der Waals surface area contributed by atoms with E-state index in [0.29, 0.717) is 61.3 Å². The molecule has 4 heterocycles. The van der Waals surface area contributed by atoms with Gasteiger partial charge in [0.25, 0.3) is 0 Å². The molecule has 0 amide bonds. The van der Waals surface area contributed by atoms with Gasteiger partial charge in [0.2, 0.25) is 5.88 Å². The third kappa shape index (κ3) is 4.78. The Balaban J connectivity index is 1.31. The van der Waals surface area contributed by atoms with Crippen molar-refractivity contribution in [1.29, 1.82) is 5.26 Å². The van der Waals surface area contributed by atoms with E-state index in [1.54, 1.807) is 30.5 Å². The van der Waals surface area contributed by atoms with E-state index in [4.69, 9.17) is 18.9 Å². The average molecular weight is 505 g/mol. The second kappa shape index (κ2) is 10.0. The quantitative estimate of drug-likeness (QED) is 0.445. The minimum atomic E-state index is -0.623. The number of rotatable bonds is 7. The molecule has 2 aromatic heterocycles. The summed E-state index contributed by atoms with van der Waals surface area (Å²) in [6.45, 7) is 3.74. The zero-order valence-corrected chi connectivity index (χ0v) is 20.4. The van der Waals surface area contributed by atoms with Gasteiger partial charge in [-0.25, -0.2) is 19.2 Å². The number of carbonyl (C=O) groups excluding carboxylic acids is 1. The molecule has 2 saturated heterocycles. The molecule has 5 rings (SSSR count). The highest BCUT2D eigenvalue weighted by Crippen LogP contribution is 2.40. The molecular weight excluding hydrogens is 479 g/mol. The number of halogens is 1. The Kier molecular flexibility index (Phi) is 6.63. The number of hydrogen-bond donors (Lipinski definition) is 0. The second-order valence-corrected chi connectivity index (χ2v) is 8.89. The Morgan fingerprint density at radius 1 is 1.30 bits per heavy atom. The van der Waals surface area contributed by atoms with Crippen LogP contribution in [0.1, 0.15) is 29.4 Å². The normalized spacial score (nSPS) is 17.7. The van der Waals surface area contributed by atoms with Gasteiger partial charge in [-0.1, -0.05) is 0 Å². The van der Waals surface area contributed by atoms with Gasteiger partial charge in [0.05, 0.1) is 42.8 Å². The molecule has 0 saturated carbocycles. The molecule has 2 aliphatic rings. The van der Waals surface area contributed by atoms with Gasteiger partial charge in [-0.2, -0.15) is 5.26 Å². The molecule has 3 aromatic rings. The van der Waals surface area contributed by atoms with Crippen LogP contribution in [0, 0.1) is 17.1 Å². The van der Waals surface area contributed by atoms with E-state index in [2.05, 4.69) is 9.97 Å². The number of aromatic nitrogens is 2. The van der Waals surface area contributed by atoms with Crippen molar-refractivity contribution < 1.29 is 28.1 Å². The lowest BCUT2D eigenvalue weighted by atomic mass is 9.89. The Morgan fingerprint density at radius 3 is 2.89 bits per heavy atom. The van der Waals surface area contributed by atoms with Crippen LogP contribution in [0.3, 0.4) is 0 Å². The molecule has 0 aliphatic carbocycles. The summed E-state index contributed by atoms with van der Waals surface area (Å²) >= 11 is 0. The minimum Gasteiger partial charge on any atom is -0.485 e. The van der Waals surface area contributed by atoms with Gasteiger partial charge in [0.1, 0.15) is 23.6 Å². The highest BCUT2D eigenvalue weighted by Gasteiger charge is 2.51. The molecule has 1 aromatic carbocycles. The summed E-state index contributed by atoms with van der Waals surface area (Å²) in [5.41, 5.74) is 1.73. The molecule has 37 heavy (non-hydrogen) atoms. The maximum atomic E-state index is 13.5. The lowest BCUT2D eigenvalue weighted by Gasteiger charge is -2.48. The van der Waals surface area contributed by atoms with Crippen LogP contribution in [-0.4, -0.2) is 61.1 Å². The Bertz CT molecular complexity index is 1370. The molecule has 0 N–H and O–H groups in total. The summed E-state index contributed by atoms with van der Waals surface area (Å²) < 4.78 is 36.3. The van der Waals surface area contributed by atoms with Crippen LogP contribution >= 0.6 is 0 Å². The summed E-state index contributed by atoms with van der Waals surface area (Å²) in [4.78, 5) is 23.3. The third-order valence-electron chi connectivity index (χ3n) is 6.41. The summed E-state index contributed by atoms with van der Waals surface area (Å²) in [5, 5.41) is 9.35. The van der Waals surface area contributed by atoms with E-state index in [1.165, 1.54) is 19.2 Å². The first-order chi connectivity index (χ1) is 17.9. The fourth-order valence-electron chi connectivity index (χ4n) is 4.74. The average Bonchev–Trinajstić information content (AvgIpc) is 3.32. The monoisotopic (exact) mass is 504 g/mol. The first-order valence-electron chi connectivity index (χ1n) is 11.9. The van der Waals surface area contributed by atoms with Gasteiger partial charge in [-0.3, -0.25) is 0 Å². The summed E-state index contributed by atoms with van der Waals surface area (Å²) in [7, 11) is 1.29. The van der Waals surface area contributed by atoms with Crippen molar-refractivity contribution in [1.82, 2.24) is 9.97 Å². The Hall–Kier alpha value is -4.23. The number of carbonyl (C=O) groups is 1. The molecule has 2 fully saturated rings. The number of benzene rings is 1. The largest absolute Gasteiger partial charge is 0.485 e. The highest BCUT2D eigenvalue weighted by atomic mass is 19.1. The lowest BCUT2D eigenvalue weighted by Crippen LogP contribution is -2.62. The van der Waals surface area contributed by atoms with E-state index in [1.807, 2.05) is 24.0 Å². The number of nitriles is 1. The van der Waals surface area contributed by atoms with Crippen molar-refractivity contribution >= 4 is 11.7 Å². The van der Waals surface area contributed by atoms with Crippen molar-refractivity contribution in [3.05, 3.63) is 65.7 Å². The minimum absolute atomic E-state index is 0.0486. The zero-order chi connectivity index (χ0) is 26.0. The maximum Gasteiger partial charge on any atom is 0.360 e. The summed E-state index contributed by atoms with van der Waals surface area (Å²) in [6, 6.07) is 13.2. The summed E-state index contributed by atoms with van der Waals surface area (Å²) in [5.74, 6) is -0.352. The van der Waals surface area contributed by atoms with E-state index in [-0.39, 0.29) is 17.4 Å². The number of esters is 1. The number of anilines is 1. The first kappa shape index (κ1) is 24.5. The van der Waals surface area contributed by atoms with Crippen LogP contribution in [0.25, 0.3) is 11.3 Å². The van der Waals surface area contributed by atoms with Gasteiger partial charge in [0.15, 0.2) is 11.4 Å². The number of hydrogen-bond acceptors (Lipinski definition) is 9. The highest BCUT2D eigenvalue weighted by molar-refractivity contribution is 5.91. The van der Waals surface area contributed by atoms with E-state index >= 15 is 0 Å². The van der Waals surface area contributed by atoms with Crippen molar-refractivity contribution in [3.63, 3.8) is 0 Å². The number of methoxy groups -OCH3 is 1. The van der Waals surface area contributed by atoms with Gasteiger partial charge < -0.3 is 23.8 Å². The molecule has 9 nitrogen and oxygen atoms in total. The number of ether oxygens (including phenoxy) is 4. The molecule has 10 heteroatoms. The van der Waals surface area contributed by atoms with Gasteiger partial charge in [0, 0.05) is 25.7 Å². The summed E-state index contributed by atoms with van der Waals surface area (Å²) in [6.07, 6.45) is 1.91. The topological polar surface area (TPSA) is 107 Å². The fourth-order valence-corrected chi connectivity index (χ4v) is 4.74.